The topological polar surface area (TPSA) is 52.3 Å². The van der Waals surface area contributed by atoms with E-state index in [-0.39, 0.29) is 5.78 Å². The first-order valence-electron chi connectivity index (χ1n) is 3.41. The van der Waals surface area contributed by atoms with E-state index in [4.69, 9.17) is 9.26 Å². The Morgan fingerprint density at radius 1 is 1.75 bits per heavy atom. The van der Waals surface area contributed by atoms with Crippen LogP contribution in [-0.4, -0.2) is 18.0 Å². The lowest BCUT2D eigenvalue weighted by atomic mass is 10.3. The van der Waals surface area contributed by atoms with Crippen LogP contribution in [0.4, 0.5) is 0 Å². The molecule has 0 atom stereocenters. The number of ketones is 1. The minimum atomic E-state index is -0.0367. The summed E-state index contributed by atoms with van der Waals surface area (Å²) in [6, 6.07) is 1.60. The second-order valence-corrected chi connectivity index (χ2v) is 2.22. The van der Waals surface area contributed by atoms with E-state index in [1.807, 2.05) is 0 Å². The largest absolute Gasteiger partial charge is 0.479 e. The third-order valence-corrected chi connectivity index (χ3v) is 1.20. The van der Waals surface area contributed by atoms with Gasteiger partial charge in [0, 0.05) is 6.07 Å². The van der Waals surface area contributed by atoms with Gasteiger partial charge in [-0.15, -0.1) is 0 Å². The molecule has 0 spiro atoms. The summed E-state index contributed by atoms with van der Waals surface area (Å²) < 4.78 is 9.57. The van der Waals surface area contributed by atoms with Gasteiger partial charge in [0.15, 0.2) is 11.5 Å². The number of hydrogen-bond donors (Lipinski definition) is 0. The van der Waals surface area contributed by atoms with Crippen molar-refractivity contribution in [1.29, 1.82) is 0 Å². The van der Waals surface area contributed by atoms with Gasteiger partial charge in [-0.05, 0) is 24.2 Å². The number of nitrogens with zero attached hydrogens (tertiary/aromatic N) is 1. The number of aromatic nitrogens is 1. The number of hydrogen-bond acceptors (Lipinski definition) is 4. The third-order valence-electron chi connectivity index (χ3n) is 1.20. The first-order chi connectivity index (χ1) is 5.72. The Balaban J connectivity index is 2.70. The summed E-state index contributed by atoms with van der Waals surface area (Å²) >= 11 is 0. The molecule has 4 nitrogen and oxygen atoms in total. The summed E-state index contributed by atoms with van der Waals surface area (Å²) in [4.78, 5) is 10.5. The van der Waals surface area contributed by atoms with E-state index in [2.05, 4.69) is 5.16 Å². The third kappa shape index (κ3) is 2.23. The van der Waals surface area contributed by atoms with Crippen LogP contribution in [-0.2, 0) is 4.79 Å². The fourth-order valence-electron chi connectivity index (χ4n) is 0.646. The Labute approximate surface area is 69.8 Å². The summed E-state index contributed by atoms with van der Waals surface area (Å²) in [6.07, 6.45) is 2.94. The van der Waals surface area contributed by atoms with Crippen molar-refractivity contribution in [3.8, 4) is 5.88 Å². The van der Waals surface area contributed by atoms with Gasteiger partial charge in [0.05, 0.1) is 7.11 Å². The molecule has 0 unspecified atom stereocenters. The van der Waals surface area contributed by atoms with Crippen molar-refractivity contribution in [2.24, 2.45) is 0 Å². The molecule has 0 saturated carbocycles. The van der Waals surface area contributed by atoms with Gasteiger partial charge in [0.25, 0.3) is 5.88 Å². The zero-order valence-electron chi connectivity index (χ0n) is 6.90. The van der Waals surface area contributed by atoms with Crippen molar-refractivity contribution in [2.45, 2.75) is 6.92 Å². The standard InChI is InChI=1S/C8H9NO3/c1-6(10)3-4-7-5-8(11-2)9-12-7/h3-5H,1-2H3/b4-3+. The molecule has 1 aromatic heterocycles. The zero-order chi connectivity index (χ0) is 8.97. The molecule has 0 amide bonds. The molecule has 0 N–H and O–H groups in total. The Hall–Kier alpha value is -1.58. The molecule has 0 aliphatic carbocycles. The molecule has 4 heteroatoms. The van der Waals surface area contributed by atoms with Gasteiger partial charge in [-0.1, -0.05) is 0 Å². The Morgan fingerprint density at radius 3 is 3.00 bits per heavy atom. The van der Waals surface area contributed by atoms with E-state index in [0.29, 0.717) is 11.6 Å². The van der Waals surface area contributed by atoms with Gasteiger partial charge >= 0.3 is 0 Å². The summed E-state index contributed by atoms with van der Waals surface area (Å²) in [5.74, 6) is 0.866. The lowest BCUT2D eigenvalue weighted by Gasteiger charge is -1.83. The highest BCUT2D eigenvalue weighted by atomic mass is 16.5. The van der Waals surface area contributed by atoms with Crippen LogP contribution >= 0.6 is 0 Å². The second-order valence-electron chi connectivity index (χ2n) is 2.22. The maximum absolute atomic E-state index is 10.5. The van der Waals surface area contributed by atoms with E-state index in [9.17, 15) is 4.79 Å². The number of carbonyl (C=O) groups excluding carboxylic acids is 1. The lowest BCUT2D eigenvalue weighted by molar-refractivity contribution is -0.112. The molecule has 0 aliphatic heterocycles. The van der Waals surface area contributed by atoms with E-state index in [1.165, 1.54) is 26.2 Å². The molecule has 1 heterocycles. The van der Waals surface area contributed by atoms with Gasteiger partial charge in [0.1, 0.15) is 0 Å². The molecule has 64 valence electrons. The molecule has 1 rings (SSSR count). The van der Waals surface area contributed by atoms with Gasteiger partial charge in [-0.2, -0.15) is 0 Å². The molecule has 1 aromatic rings. The van der Waals surface area contributed by atoms with Gasteiger partial charge in [0.2, 0.25) is 0 Å². The van der Waals surface area contributed by atoms with Gasteiger partial charge in [-0.25, -0.2) is 0 Å². The lowest BCUT2D eigenvalue weighted by Crippen LogP contribution is -1.79. The van der Waals surface area contributed by atoms with Crippen LogP contribution in [0.15, 0.2) is 16.7 Å². The Kier molecular flexibility index (Phi) is 2.63. The maximum atomic E-state index is 10.5. The highest BCUT2D eigenvalue weighted by Gasteiger charge is 1.98. The Morgan fingerprint density at radius 2 is 2.50 bits per heavy atom. The van der Waals surface area contributed by atoms with Crippen LogP contribution in [0.2, 0.25) is 0 Å². The maximum Gasteiger partial charge on any atom is 0.254 e. The van der Waals surface area contributed by atoms with Crippen LogP contribution in [0, 0.1) is 0 Å². The van der Waals surface area contributed by atoms with Crippen molar-refractivity contribution < 1.29 is 14.1 Å². The molecule has 0 fully saturated rings. The number of methoxy groups -OCH3 is 1. The normalized spacial score (nSPS) is 10.5. The molecule has 0 aliphatic rings. The molecule has 0 bridgehead atoms. The minimum Gasteiger partial charge on any atom is -0.479 e. The summed E-state index contributed by atoms with van der Waals surface area (Å²) in [5.41, 5.74) is 0. The molecule has 0 radical (unpaired) electrons. The molecule has 12 heavy (non-hydrogen) atoms. The van der Waals surface area contributed by atoms with E-state index < -0.39 is 0 Å². The molecule has 0 saturated heterocycles. The monoisotopic (exact) mass is 167 g/mol. The average Bonchev–Trinajstić information content (AvgIpc) is 2.48. The predicted molar refractivity (Wildman–Crippen MR) is 42.8 cm³/mol. The second kappa shape index (κ2) is 3.71. The Bertz CT molecular complexity index is 301. The van der Waals surface area contributed by atoms with Crippen molar-refractivity contribution >= 4 is 11.9 Å². The SMILES string of the molecule is COc1cc(/C=C/C(C)=O)on1. The van der Waals surface area contributed by atoms with E-state index in [0.717, 1.165) is 0 Å². The van der Waals surface area contributed by atoms with Gasteiger partial charge < -0.3 is 9.26 Å². The summed E-state index contributed by atoms with van der Waals surface area (Å²) in [7, 11) is 1.50. The number of carbonyl (C=O) groups is 1. The molecular formula is C8H9NO3. The first-order valence-corrected chi connectivity index (χ1v) is 3.41. The summed E-state index contributed by atoms with van der Waals surface area (Å²) in [5, 5.41) is 3.55. The van der Waals surface area contributed by atoms with Crippen molar-refractivity contribution in [1.82, 2.24) is 5.16 Å². The molecular weight excluding hydrogens is 158 g/mol. The fourth-order valence-corrected chi connectivity index (χ4v) is 0.646. The number of rotatable bonds is 3. The van der Waals surface area contributed by atoms with Crippen LogP contribution in [0.3, 0.4) is 0 Å². The minimum absolute atomic E-state index is 0.0367. The summed E-state index contributed by atoms with van der Waals surface area (Å²) in [6.45, 7) is 1.46. The number of ether oxygens (including phenoxy) is 1. The van der Waals surface area contributed by atoms with E-state index >= 15 is 0 Å². The van der Waals surface area contributed by atoms with Crippen LogP contribution < -0.4 is 4.74 Å². The zero-order valence-corrected chi connectivity index (χ0v) is 6.90. The molecule has 0 aromatic carbocycles. The van der Waals surface area contributed by atoms with Crippen LogP contribution in [0.5, 0.6) is 5.88 Å². The first kappa shape index (κ1) is 8.52. The van der Waals surface area contributed by atoms with Crippen molar-refractivity contribution in [3.63, 3.8) is 0 Å². The average molecular weight is 167 g/mol. The number of allylic oxidation sites excluding steroid dienone is 1. The predicted octanol–water partition coefficient (Wildman–Crippen LogP) is 1.29. The van der Waals surface area contributed by atoms with Crippen molar-refractivity contribution in [2.75, 3.05) is 7.11 Å². The van der Waals surface area contributed by atoms with Gasteiger partial charge in [-0.3, -0.25) is 4.79 Å². The smallest absolute Gasteiger partial charge is 0.254 e. The van der Waals surface area contributed by atoms with Crippen LogP contribution in [0.25, 0.3) is 6.08 Å². The van der Waals surface area contributed by atoms with Crippen LogP contribution in [0.1, 0.15) is 12.7 Å². The highest BCUT2D eigenvalue weighted by molar-refractivity contribution is 5.91. The van der Waals surface area contributed by atoms with Crippen molar-refractivity contribution in [3.05, 3.63) is 17.9 Å². The van der Waals surface area contributed by atoms with E-state index in [1.54, 1.807) is 6.07 Å². The quantitative estimate of drug-likeness (QED) is 0.636. The highest BCUT2D eigenvalue weighted by Crippen LogP contribution is 2.11. The fraction of sp³-hybridized carbons (Fsp3) is 0.250.